The van der Waals surface area contributed by atoms with Gasteiger partial charge in [0.2, 0.25) is 0 Å². The molecule has 0 bridgehead atoms. The smallest absolute Gasteiger partial charge is 0.343 e. The zero-order chi connectivity index (χ0) is 17.2. The second kappa shape index (κ2) is 7.80. The topological polar surface area (TPSA) is 55.6 Å². The van der Waals surface area contributed by atoms with Gasteiger partial charge in [-0.05, 0) is 24.1 Å². The number of benzene rings is 2. The van der Waals surface area contributed by atoms with Crippen LogP contribution < -0.4 is 15.4 Å². The number of halogens is 3. The van der Waals surface area contributed by atoms with E-state index in [-0.39, 0.29) is 24.5 Å². The first-order valence-electron chi connectivity index (χ1n) is 7.74. The Hall–Kier alpha value is -2.18. The van der Waals surface area contributed by atoms with Crippen molar-refractivity contribution in [3.05, 3.63) is 60.2 Å². The molecule has 0 spiro atoms. The zero-order valence-corrected chi connectivity index (χ0v) is 14.2. The maximum atomic E-state index is 14.8. The number of para-hydroxylation sites is 2. The van der Waals surface area contributed by atoms with Crippen molar-refractivity contribution in [2.75, 3.05) is 18.1 Å². The van der Waals surface area contributed by atoms with E-state index in [0.717, 1.165) is 4.90 Å². The molecule has 2 aromatic carbocycles. The Morgan fingerprint density at radius 1 is 1.12 bits per heavy atom. The van der Waals surface area contributed by atoms with E-state index in [2.05, 4.69) is 0 Å². The molecule has 0 aromatic heterocycles. The minimum absolute atomic E-state index is 0. The third-order valence-electron chi connectivity index (χ3n) is 4.02. The number of amides is 1. The van der Waals surface area contributed by atoms with Gasteiger partial charge in [-0.3, -0.25) is 4.79 Å². The van der Waals surface area contributed by atoms with Gasteiger partial charge in [-0.15, -0.1) is 12.4 Å². The number of carbonyl (C=O) groups is 1. The third kappa shape index (κ3) is 3.75. The van der Waals surface area contributed by atoms with Gasteiger partial charge in [0.25, 0.3) is 5.91 Å². The molecule has 0 saturated heterocycles. The van der Waals surface area contributed by atoms with Crippen LogP contribution in [0, 0.1) is 0 Å². The number of anilines is 1. The standard InChI is InChI=1S/C18H18F2N2O2.ClH/c19-18(20,16(21)13-7-2-1-3-8-13)17(23)22-11-6-12-24-15-10-5-4-9-14(15)22;/h1-5,7-10,16H,6,11-12,21H2;1H. The molecule has 1 atom stereocenters. The van der Waals surface area contributed by atoms with Crippen molar-refractivity contribution in [2.24, 2.45) is 5.73 Å². The molecule has 1 aliphatic rings. The fraction of sp³-hybridized carbons (Fsp3) is 0.278. The first kappa shape index (κ1) is 19.1. The Kier molecular flexibility index (Phi) is 5.98. The van der Waals surface area contributed by atoms with Crippen molar-refractivity contribution in [3.63, 3.8) is 0 Å². The SMILES string of the molecule is Cl.NC(c1ccccc1)C(F)(F)C(=O)N1CCCOc2ccccc21. The molecule has 0 fully saturated rings. The number of hydrogen-bond donors (Lipinski definition) is 1. The van der Waals surface area contributed by atoms with E-state index in [4.69, 9.17) is 10.5 Å². The van der Waals surface area contributed by atoms with Crippen LogP contribution in [-0.2, 0) is 4.79 Å². The van der Waals surface area contributed by atoms with Gasteiger partial charge in [0.1, 0.15) is 11.8 Å². The Morgan fingerprint density at radius 3 is 2.48 bits per heavy atom. The molecular weight excluding hydrogens is 350 g/mol. The summed E-state index contributed by atoms with van der Waals surface area (Å²) in [5, 5.41) is 0. The van der Waals surface area contributed by atoms with Crippen LogP contribution in [0.3, 0.4) is 0 Å². The van der Waals surface area contributed by atoms with E-state index >= 15 is 0 Å². The highest BCUT2D eigenvalue weighted by Crippen LogP contribution is 2.36. The van der Waals surface area contributed by atoms with E-state index < -0.39 is 17.9 Å². The summed E-state index contributed by atoms with van der Waals surface area (Å²) in [4.78, 5) is 13.7. The predicted molar refractivity (Wildman–Crippen MR) is 94.5 cm³/mol. The Balaban J connectivity index is 0.00000225. The van der Waals surface area contributed by atoms with Crippen LogP contribution in [0.5, 0.6) is 5.75 Å². The van der Waals surface area contributed by atoms with Crippen molar-refractivity contribution < 1.29 is 18.3 Å². The zero-order valence-electron chi connectivity index (χ0n) is 13.4. The summed E-state index contributed by atoms with van der Waals surface area (Å²) in [5.74, 6) is -4.61. The third-order valence-corrected chi connectivity index (χ3v) is 4.02. The molecule has 0 saturated carbocycles. The second-order valence-corrected chi connectivity index (χ2v) is 5.64. The molecule has 2 N–H and O–H groups in total. The lowest BCUT2D eigenvalue weighted by Gasteiger charge is -2.29. The molecular formula is C18H19ClF2N2O2. The molecule has 2 aromatic rings. The molecule has 1 aliphatic heterocycles. The van der Waals surface area contributed by atoms with Crippen LogP contribution >= 0.6 is 12.4 Å². The van der Waals surface area contributed by atoms with Gasteiger partial charge >= 0.3 is 5.92 Å². The summed E-state index contributed by atoms with van der Waals surface area (Å²) in [5.41, 5.74) is 6.28. The van der Waals surface area contributed by atoms with Crippen LogP contribution in [0.4, 0.5) is 14.5 Å². The van der Waals surface area contributed by atoms with Crippen molar-refractivity contribution in [1.82, 2.24) is 0 Å². The molecule has 1 heterocycles. The van der Waals surface area contributed by atoms with Gasteiger partial charge < -0.3 is 15.4 Å². The lowest BCUT2D eigenvalue weighted by Crippen LogP contribution is -2.49. The first-order chi connectivity index (χ1) is 11.5. The monoisotopic (exact) mass is 368 g/mol. The normalized spacial score (nSPS) is 15.2. The quantitative estimate of drug-likeness (QED) is 0.901. The average molecular weight is 369 g/mol. The molecule has 25 heavy (non-hydrogen) atoms. The number of fused-ring (bicyclic) bond motifs is 1. The van der Waals surface area contributed by atoms with Gasteiger partial charge in [0.15, 0.2) is 0 Å². The Bertz CT molecular complexity index is 728. The second-order valence-electron chi connectivity index (χ2n) is 5.64. The number of carbonyl (C=O) groups excluding carboxylic acids is 1. The molecule has 7 heteroatoms. The number of nitrogens with zero attached hydrogens (tertiary/aromatic N) is 1. The summed E-state index contributed by atoms with van der Waals surface area (Å²) in [6.07, 6.45) is 0.469. The van der Waals surface area contributed by atoms with Crippen LogP contribution in [0.2, 0.25) is 0 Å². The number of alkyl halides is 2. The molecule has 134 valence electrons. The number of nitrogens with two attached hydrogens (primary N) is 1. The maximum Gasteiger partial charge on any atom is 0.343 e. The van der Waals surface area contributed by atoms with Crippen LogP contribution in [-0.4, -0.2) is 25.0 Å². The minimum Gasteiger partial charge on any atom is -0.491 e. The van der Waals surface area contributed by atoms with Crippen LogP contribution in [0.15, 0.2) is 54.6 Å². The average Bonchev–Trinajstić information content (AvgIpc) is 2.83. The summed E-state index contributed by atoms with van der Waals surface area (Å²) < 4.78 is 35.0. The lowest BCUT2D eigenvalue weighted by molar-refractivity contribution is -0.145. The van der Waals surface area contributed by atoms with E-state index in [1.54, 1.807) is 42.5 Å². The number of rotatable bonds is 3. The number of ether oxygens (including phenoxy) is 1. The van der Waals surface area contributed by atoms with E-state index in [0.29, 0.717) is 24.5 Å². The largest absolute Gasteiger partial charge is 0.491 e. The summed E-state index contributed by atoms with van der Waals surface area (Å²) >= 11 is 0. The maximum absolute atomic E-state index is 14.8. The molecule has 1 unspecified atom stereocenters. The predicted octanol–water partition coefficient (Wildman–Crippen LogP) is 3.56. The first-order valence-corrected chi connectivity index (χ1v) is 7.74. The highest BCUT2D eigenvalue weighted by molar-refractivity contribution is 6.00. The van der Waals surface area contributed by atoms with E-state index in [1.807, 2.05) is 0 Å². The molecule has 3 rings (SSSR count). The molecule has 4 nitrogen and oxygen atoms in total. The molecule has 0 aliphatic carbocycles. The van der Waals surface area contributed by atoms with Gasteiger partial charge in [-0.25, -0.2) is 0 Å². The van der Waals surface area contributed by atoms with E-state index in [9.17, 15) is 13.6 Å². The van der Waals surface area contributed by atoms with Crippen molar-refractivity contribution in [3.8, 4) is 5.75 Å². The van der Waals surface area contributed by atoms with Crippen LogP contribution in [0.25, 0.3) is 0 Å². The van der Waals surface area contributed by atoms with Gasteiger partial charge in [-0.2, -0.15) is 8.78 Å². The molecule has 1 amide bonds. The van der Waals surface area contributed by atoms with Crippen molar-refractivity contribution in [1.29, 1.82) is 0 Å². The van der Waals surface area contributed by atoms with Crippen molar-refractivity contribution in [2.45, 2.75) is 18.4 Å². The van der Waals surface area contributed by atoms with E-state index in [1.165, 1.54) is 12.1 Å². The highest BCUT2D eigenvalue weighted by atomic mass is 35.5. The lowest BCUT2D eigenvalue weighted by atomic mass is 10.00. The van der Waals surface area contributed by atoms with Gasteiger partial charge in [-0.1, -0.05) is 42.5 Å². The van der Waals surface area contributed by atoms with Crippen molar-refractivity contribution >= 4 is 24.0 Å². The van der Waals surface area contributed by atoms with Gasteiger partial charge in [0.05, 0.1) is 12.3 Å². The fourth-order valence-electron chi connectivity index (χ4n) is 2.72. The number of hydrogen-bond acceptors (Lipinski definition) is 3. The summed E-state index contributed by atoms with van der Waals surface area (Å²) in [7, 11) is 0. The Morgan fingerprint density at radius 2 is 1.76 bits per heavy atom. The summed E-state index contributed by atoms with van der Waals surface area (Å²) in [6.45, 7) is 0.532. The summed E-state index contributed by atoms with van der Waals surface area (Å²) in [6, 6.07) is 12.9. The molecule has 0 radical (unpaired) electrons. The van der Waals surface area contributed by atoms with Gasteiger partial charge in [0, 0.05) is 6.54 Å². The Labute approximate surface area is 151 Å². The van der Waals surface area contributed by atoms with Crippen LogP contribution in [0.1, 0.15) is 18.0 Å². The minimum atomic E-state index is -3.72. The highest BCUT2D eigenvalue weighted by Gasteiger charge is 2.49. The fourth-order valence-corrected chi connectivity index (χ4v) is 2.72.